The van der Waals surface area contributed by atoms with Crippen molar-refractivity contribution in [2.45, 2.75) is 77.4 Å². The molecule has 1 fully saturated rings. The molecule has 9 heteroatoms. The monoisotopic (exact) mass is 512 g/mol. The molecule has 0 unspecified atom stereocenters. The van der Waals surface area contributed by atoms with E-state index in [0.717, 1.165) is 12.0 Å². The van der Waals surface area contributed by atoms with Crippen molar-refractivity contribution >= 4 is 36.0 Å². The summed E-state index contributed by atoms with van der Waals surface area (Å²) in [4.78, 5) is 62.4. The third kappa shape index (κ3) is 10.6. The maximum absolute atomic E-state index is 13.1. The van der Waals surface area contributed by atoms with Gasteiger partial charge >= 0.3 is 0 Å². The molecule has 0 spiro atoms. The van der Waals surface area contributed by atoms with Gasteiger partial charge < -0.3 is 26.1 Å². The number of hydrogen-bond donors (Lipinski definition) is 4. The lowest BCUT2D eigenvalue weighted by Crippen LogP contribution is -2.55. The Morgan fingerprint density at radius 2 is 1.76 bits per heavy atom. The second-order valence-corrected chi connectivity index (χ2v) is 9.90. The van der Waals surface area contributed by atoms with E-state index in [9.17, 15) is 24.0 Å². The average molecular weight is 513 g/mol. The van der Waals surface area contributed by atoms with E-state index in [1.807, 2.05) is 51.1 Å². The van der Waals surface area contributed by atoms with Crippen LogP contribution in [0, 0.1) is 11.8 Å². The molecule has 1 heterocycles. The molecule has 1 aromatic carbocycles. The lowest BCUT2D eigenvalue weighted by molar-refractivity contribution is -0.133. The molecule has 4 atom stereocenters. The minimum absolute atomic E-state index is 0.0860. The van der Waals surface area contributed by atoms with Gasteiger partial charge in [-0.3, -0.25) is 19.2 Å². The van der Waals surface area contributed by atoms with Crippen molar-refractivity contribution in [2.75, 3.05) is 6.54 Å². The molecule has 1 saturated heterocycles. The van der Waals surface area contributed by atoms with Crippen LogP contribution in [-0.4, -0.2) is 54.6 Å². The molecule has 1 aromatic rings. The van der Waals surface area contributed by atoms with Crippen molar-refractivity contribution in [3.63, 3.8) is 0 Å². The molecule has 4 amide bonds. The van der Waals surface area contributed by atoms with Crippen LogP contribution < -0.4 is 21.3 Å². The Morgan fingerprint density at radius 3 is 2.38 bits per heavy atom. The van der Waals surface area contributed by atoms with Crippen LogP contribution in [0.25, 0.3) is 6.08 Å². The molecule has 4 N–H and O–H groups in total. The predicted molar refractivity (Wildman–Crippen MR) is 142 cm³/mol. The third-order valence-corrected chi connectivity index (χ3v) is 6.21. The maximum Gasteiger partial charge on any atom is 0.244 e. The van der Waals surface area contributed by atoms with Crippen LogP contribution in [0.2, 0.25) is 0 Å². The van der Waals surface area contributed by atoms with Crippen molar-refractivity contribution in [3.05, 3.63) is 42.0 Å². The zero-order valence-electron chi connectivity index (χ0n) is 22.0. The Balaban J connectivity index is 2.02. The number of amides is 4. The quantitative estimate of drug-likeness (QED) is 0.224. The fourth-order valence-corrected chi connectivity index (χ4v) is 4.29. The number of piperidine rings is 1. The first-order chi connectivity index (χ1) is 17.7. The summed E-state index contributed by atoms with van der Waals surface area (Å²) in [5.41, 5.74) is 0.859. The van der Waals surface area contributed by atoms with Gasteiger partial charge in [0.05, 0.1) is 6.04 Å². The highest BCUT2D eigenvalue weighted by Gasteiger charge is 2.30. The number of aldehydes is 1. The Bertz CT molecular complexity index is 947. The van der Waals surface area contributed by atoms with Crippen LogP contribution in [0.15, 0.2) is 36.4 Å². The zero-order valence-corrected chi connectivity index (χ0v) is 22.0. The van der Waals surface area contributed by atoms with Crippen molar-refractivity contribution in [1.82, 2.24) is 21.3 Å². The Kier molecular flexibility index (Phi) is 12.5. The van der Waals surface area contributed by atoms with E-state index in [4.69, 9.17) is 0 Å². The molecule has 9 nitrogen and oxygen atoms in total. The summed E-state index contributed by atoms with van der Waals surface area (Å²) in [6, 6.07) is 6.81. The maximum atomic E-state index is 13.1. The highest BCUT2D eigenvalue weighted by atomic mass is 16.2. The van der Waals surface area contributed by atoms with E-state index in [-0.39, 0.29) is 24.2 Å². The Labute approximate surface area is 219 Å². The molecule has 1 aliphatic rings. The average Bonchev–Trinajstić information content (AvgIpc) is 2.87. The van der Waals surface area contributed by atoms with E-state index in [2.05, 4.69) is 21.3 Å². The van der Waals surface area contributed by atoms with E-state index in [1.165, 1.54) is 6.08 Å². The van der Waals surface area contributed by atoms with Gasteiger partial charge in [0, 0.05) is 18.5 Å². The lowest BCUT2D eigenvalue weighted by atomic mass is 9.91. The summed E-state index contributed by atoms with van der Waals surface area (Å²) >= 11 is 0. The number of rotatable bonds is 14. The second kappa shape index (κ2) is 15.6. The van der Waals surface area contributed by atoms with E-state index < -0.39 is 35.8 Å². The topological polar surface area (TPSA) is 133 Å². The first-order valence-corrected chi connectivity index (χ1v) is 13.1. The molecule has 0 bridgehead atoms. The van der Waals surface area contributed by atoms with Gasteiger partial charge in [0.25, 0.3) is 0 Å². The first kappa shape index (κ1) is 29.7. The number of carbonyl (C=O) groups excluding carboxylic acids is 5. The van der Waals surface area contributed by atoms with Gasteiger partial charge in [-0.05, 0) is 49.7 Å². The largest absolute Gasteiger partial charge is 0.356 e. The van der Waals surface area contributed by atoms with Gasteiger partial charge in [0.2, 0.25) is 23.6 Å². The van der Waals surface area contributed by atoms with Gasteiger partial charge in [-0.25, -0.2) is 0 Å². The summed E-state index contributed by atoms with van der Waals surface area (Å²) in [5.74, 6) is -1.72. The SMILES string of the molecule is CCC[C@H](NC(=O)C=Cc1ccccc1)C(=O)N[C@@H](CC(C)C)C(=O)N[C@H](C=O)C[C@@H]1CCCNC1=O. The van der Waals surface area contributed by atoms with Gasteiger partial charge in [0.15, 0.2) is 0 Å². The molecule has 0 saturated carbocycles. The van der Waals surface area contributed by atoms with Crippen LogP contribution >= 0.6 is 0 Å². The van der Waals surface area contributed by atoms with Crippen LogP contribution in [0.3, 0.4) is 0 Å². The molecule has 37 heavy (non-hydrogen) atoms. The smallest absolute Gasteiger partial charge is 0.244 e. The summed E-state index contributed by atoms with van der Waals surface area (Å²) in [6.45, 7) is 6.37. The van der Waals surface area contributed by atoms with Crippen LogP contribution in [-0.2, 0) is 24.0 Å². The van der Waals surface area contributed by atoms with Gasteiger partial charge in [0.1, 0.15) is 18.4 Å². The molecule has 202 valence electrons. The third-order valence-electron chi connectivity index (χ3n) is 6.21. The molecule has 1 aliphatic heterocycles. The lowest BCUT2D eigenvalue weighted by Gasteiger charge is -2.27. The standard InChI is InChI=1S/C28H40N4O5/c1-4-9-23(31-25(34)14-13-20-10-6-5-7-11-20)27(36)32-24(16-19(2)3)28(37)30-22(18-33)17-21-12-8-15-29-26(21)35/h5-7,10-11,13-14,18-19,21-24H,4,8-9,12,15-17H2,1-3H3,(H,29,35)(H,30,37)(H,31,34)(H,32,36)/t21-,22-,23-,24-/m0/s1. The minimum Gasteiger partial charge on any atom is -0.356 e. The number of hydrogen-bond acceptors (Lipinski definition) is 5. The van der Waals surface area contributed by atoms with Crippen LogP contribution in [0.1, 0.15) is 64.9 Å². The van der Waals surface area contributed by atoms with Crippen molar-refractivity contribution in [2.24, 2.45) is 11.8 Å². The Hall–Kier alpha value is -3.49. The van der Waals surface area contributed by atoms with Gasteiger partial charge in [-0.2, -0.15) is 0 Å². The number of carbonyl (C=O) groups is 5. The van der Waals surface area contributed by atoms with E-state index >= 15 is 0 Å². The first-order valence-electron chi connectivity index (χ1n) is 13.1. The molecule has 0 aliphatic carbocycles. The minimum atomic E-state index is -0.883. The fraction of sp³-hybridized carbons (Fsp3) is 0.536. The summed E-state index contributed by atoms with van der Waals surface area (Å²) in [7, 11) is 0. The van der Waals surface area contributed by atoms with Gasteiger partial charge in [-0.1, -0.05) is 57.5 Å². The zero-order chi connectivity index (χ0) is 27.2. The molecular weight excluding hydrogens is 472 g/mol. The molecule has 0 aromatic heterocycles. The summed E-state index contributed by atoms with van der Waals surface area (Å²) in [6.07, 6.45) is 6.78. The molecule has 2 rings (SSSR count). The highest BCUT2D eigenvalue weighted by molar-refractivity contribution is 5.97. The number of nitrogens with one attached hydrogen (secondary N) is 4. The molecular formula is C28H40N4O5. The predicted octanol–water partition coefficient (Wildman–Crippen LogP) is 2.12. The Morgan fingerprint density at radius 1 is 1.05 bits per heavy atom. The summed E-state index contributed by atoms with van der Waals surface area (Å²) < 4.78 is 0. The van der Waals surface area contributed by atoms with Gasteiger partial charge in [-0.15, -0.1) is 0 Å². The van der Waals surface area contributed by atoms with Crippen molar-refractivity contribution in [3.8, 4) is 0 Å². The fourth-order valence-electron chi connectivity index (χ4n) is 4.29. The van der Waals surface area contributed by atoms with Crippen LogP contribution in [0.4, 0.5) is 0 Å². The number of benzene rings is 1. The van der Waals surface area contributed by atoms with Crippen LogP contribution in [0.5, 0.6) is 0 Å². The van der Waals surface area contributed by atoms with E-state index in [1.54, 1.807) is 6.08 Å². The van der Waals surface area contributed by atoms with E-state index in [0.29, 0.717) is 38.5 Å². The normalized spacial score (nSPS) is 17.9. The van der Waals surface area contributed by atoms with Crippen molar-refractivity contribution < 1.29 is 24.0 Å². The second-order valence-electron chi connectivity index (χ2n) is 9.90. The van der Waals surface area contributed by atoms with Crippen molar-refractivity contribution in [1.29, 1.82) is 0 Å². The highest BCUT2D eigenvalue weighted by Crippen LogP contribution is 2.17. The summed E-state index contributed by atoms with van der Waals surface area (Å²) in [5, 5.41) is 11.0. The molecule has 0 radical (unpaired) electrons.